The van der Waals surface area contributed by atoms with E-state index in [1.165, 1.54) is 19.3 Å². The number of carbonyl (C=O) groups is 1. The van der Waals surface area contributed by atoms with E-state index in [0.717, 1.165) is 32.1 Å². The molecule has 0 aromatic carbocycles. The lowest BCUT2D eigenvalue weighted by molar-refractivity contribution is -0.164. The highest BCUT2D eigenvalue weighted by atomic mass is 16.6. The minimum Gasteiger partial charge on any atom is -0.462 e. The van der Waals surface area contributed by atoms with Crippen LogP contribution in [0.3, 0.4) is 0 Å². The molecule has 1 saturated heterocycles. The molecule has 3 nitrogen and oxygen atoms in total. The van der Waals surface area contributed by atoms with Crippen LogP contribution in [0.25, 0.3) is 0 Å². The third-order valence-electron chi connectivity index (χ3n) is 4.69. The molecule has 1 aliphatic heterocycles. The van der Waals surface area contributed by atoms with Gasteiger partial charge in [0.2, 0.25) is 0 Å². The smallest absolute Gasteiger partial charge is 0.314 e. The van der Waals surface area contributed by atoms with Crippen LogP contribution in [-0.2, 0) is 14.3 Å². The molecule has 3 atom stereocenters. The fourth-order valence-electron chi connectivity index (χ4n) is 3.42. The second kappa shape index (κ2) is 4.27. The molecule has 0 aromatic rings. The summed E-state index contributed by atoms with van der Waals surface area (Å²) in [5, 5.41) is 0. The molecule has 3 unspecified atom stereocenters. The predicted octanol–water partition coefficient (Wildman–Crippen LogP) is 2.82. The SMILES string of the molecule is CC1(C(=O)OC2CCCCC2)CCCC2OC21. The molecule has 0 bridgehead atoms. The van der Waals surface area contributed by atoms with Crippen molar-refractivity contribution in [2.75, 3.05) is 0 Å². The Balaban J connectivity index is 1.61. The van der Waals surface area contributed by atoms with Gasteiger partial charge in [-0.05, 0) is 51.9 Å². The van der Waals surface area contributed by atoms with Gasteiger partial charge in [-0.3, -0.25) is 4.79 Å². The van der Waals surface area contributed by atoms with Crippen molar-refractivity contribution >= 4 is 5.97 Å². The summed E-state index contributed by atoms with van der Waals surface area (Å²) in [5.74, 6) is -0.00315. The fourth-order valence-corrected chi connectivity index (χ4v) is 3.42. The third-order valence-corrected chi connectivity index (χ3v) is 4.69. The molecular formula is C14H22O3. The van der Waals surface area contributed by atoms with Gasteiger partial charge < -0.3 is 9.47 Å². The third kappa shape index (κ3) is 2.10. The van der Waals surface area contributed by atoms with Gasteiger partial charge in [-0.15, -0.1) is 0 Å². The Kier molecular flexibility index (Phi) is 2.89. The van der Waals surface area contributed by atoms with E-state index in [1.54, 1.807) is 0 Å². The van der Waals surface area contributed by atoms with Crippen molar-refractivity contribution < 1.29 is 14.3 Å². The molecule has 3 fully saturated rings. The number of ether oxygens (including phenoxy) is 2. The molecule has 0 amide bonds. The Morgan fingerprint density at radius 2 is 1.94 bits per heavy atom. The van der Waals surface area contributed by atoms with Gasteiger partial charge in [0.05, 0.1) is 17.6 Å². The van der Waals surface area contributed by atoms with Crippen LogP contribution >= 0.6 is 0 Å². The zero-order chi connectivity index (χ0) is 11.9. The molecule has 0 spiro atoms. The zero-order valence-corrected chi connectivity index (χ0v) is 10.6. The van der Waals surface area contributed by atoms with Crippen LogP contribution in [0.1, 0.15) is 58.3 Å². The van der Waals surface area contributed by atoms with Crippen molar-refractivity contribution in [2.24, 2.45) is 5.41 Å². The Labute approximate surface area is 103 Å². The molecule has 0 aromatic heterocycles. The van der Waals surface area contributed by atoms with Gasteiger partial charge in [0.25, 0.3) is 0 Å². The van der Waals surface area contributed by atoms with Crippen LogP contribution in [0.15, 0.2) is 0 Å². The van der Waals surface area contributed by atoms with Gasteiger partial charge in [-0.1, -0.05) is 6.42 Å². The number of epoxide rings is 1. The van der Waals surface area contributed by atoms with E-state index in [0.29, 0.717) is 6.10 Å². The maximum absolute atomic E-state index is 12.3. The molecule has 0 N–H and O–H groups in total. The predicted molar refractivity (Wildman–Crippen MR) is 63.6 cm³/mol. The summed E-state index contributed by atoms with van der Waals surface area (Å²) in [5.41, 5.74) is -0.361. The zero-order valence-electron chi connectivity index (χ0n) is 10.6. The maximum atomic E-state index is 12.3. The Bertz CT molecular complexity index is 309. The lowest BCUT2D eigenvalue weighted by atomic mass is 9.75. The van der Waals surface area contributed by atoms with Gasteiger partial charge >= 0.3 is 5.97 Å². The van der Waals surface area contributed by atoms with Crippen molar-refractivity contribution in [3.05, 3.63) is 0 Å². The highest BCUT2D eigenvalue weighted by Crippen LogP contribution is 2.49. The van der Waals surface area contributed by atoms with E-state index in [4.69, 9.17) is 9.47 Å². The minimum absolute atomic E-state index is 0.00315. The number of esters is 1. The van der Waals surface area contributed by atoms with Gasteiger partial charge in [0, 0.05) is 0 Å². The van der Waals surface area contributed by atoms with Crippen LogP contribution in [0.5, 0.6) is 0 Å². The average Bonchev–Trinajstić information content (AvgIpc) is 3.11. The number of rotatable bonds is 2. The number of fused-ring (bicyclic) bond motifs is 1. The summed E-state index contributed by atoms with van der Waals surface area (Å²) in [7, 11) is 0. The van der Waals surface area contributed by atoms with Crippen LogP contribution in [-0.4, -0.2) is 24.3 Å². The molecule has 3 rings (SSSR count). The van der Waals surface area contributed by atoms with E-state index in [9.17, 15) is 4.79 Å². The van der Waals surface area contributed by atoms with Gasteiger partial charge in [0.15, 0.2) is 0 Å². The highest BCUT2D eigenvalue weighted by Gasteiger charge is 2.59. The standard InChI is InChI=1S/C14H22O3/c1-14(9-5-8-11-12(14)17-11)13(15)16-10-6-3-2-4-7-10/h10-12H,2-9H2,1H3. The lowest BCUT2D eigenvalue weighted by Crippen LogP contribution is -2.40. The topological polar surface area (TPSA) is 38.8 Å². The first kappa shape index (κ1) is 11.5. The summed E-state index contributed by atoms with van der Waals surface area (Å²) in [6, 6.07) is 0. The normalized spacial score (nSPS) is 41.7. The maximum Gasteiger partial charge on any atom is 0.314 e. The summed E-state index contributed by atoms with van der Waals surface area (Å²) in [6.45, 7) is 2.03. The molecule has 0 radical (unpaired) electrons. The summed E-state index contributed by atoms with van der Waals surface area (Å²) >= 11 is 0. The number of hydrogen-bond donors (Lipinski definition) is 0. The van der Waals surface area contributed by atoms with E-state index in [2.05, 4.69) is 0 Å². The fraction of sp³-hybridized carbons (Fsp3) is 0.929. The van der Waals surface area contributed by atoms with Crippen molar-refractivity contribution in [2.45, 2.75) is 76.6 Å². The molecule has 96 valence electrons. The van der Waals surface area contributed by atoms with Crippen LogP contribution in [0, 0.1) is 5.41 Å². The van der Waals surface area contributed by atoms with E-state index in [-0.39, 0.29) is 23.6 Å². The number of carbonyl (C=O) groups excluding carboxylic acids is 1. The minimum atomic E-state index is -0.361. The lowest BCUT2D eigenvalue weighted by Gasteiger charge is -2.31. The largest absolute Gasteiger partial charge is 0.462 e. The molecule has 2 saturated carbocycles. The van der Waals surface area contributed by atoms with Crippen LogP contribution < -0.4 is 0 Å². The summed E-state index contributed by atoms with van der Waals surface area (Å²) in [4.78, 5) is 12.3. The summed E-state index contributed by atoms with van der Waals surface area (Å²) in [6.07, 6.45) is 9.61. The monoisotopic (exact) mass is 238 g/mol. The average molecular weight is 238 g/mol. The van der Waals surface area contributed by atoms with Crippen molar-refractivity contribution in [3.63, 3.8) is 0 Å². The highest BCUT2D eigenvalue weighted by molar-refractivity contribution is 5.78. The Hall–Kier alpha value is -0.570. The van der Waals surface area contributed by atoms with Gasteiger partial charge in [-0.25, -0.2) is 0 Å². The first-order valence-corrected chi connectivity index (χ1v) is 7.07. The van der Waals surface area contributed by atoms with Crippen LogP contribution in [0.2, 0.25) is 0 Å². The molecule has 3 aliphatic rings. The molecule has 2 aliphatic carbocycles. The molecule has 17 heavy (non-hydrogen) atoms. The Morgan fingerprint density at radius 1 is 1.18 bits per heavy atom. The molecule has 1 heterocycles. The first-order valence-electron chi connectivity index (χ1n) is 7.07. The van der Waals surface area contributed by atoms with Crippen molar-refractivity contribution in [3.8, 4) is 0 Å². The quantitative estimate of drug-likeness (QED) is 0.548. The van der Waals surface area contributed by atoms with E-state index >= 15 is 0 Å². The van der Waals surface area contributed by atoms with Crippen molar-refractivity contribution in [1.82, 2.24) is 0 Å². The molecular weight excluding hydrogens is 216 g/mol. The van der Waals surface area contributed by atoms with Crippen molar-refractivity contribution in [1.29, 1.82) is 0 Å². The van der Waals surface area contributed by atoms with Gasteiger partial charge in [-0.2, -0.15) is 0 Å². The second-order valence-electron chi connectivity index (χ2n) is 6.07. The number of hydrogen-bond acceptors (Lipinski definition) is 3. The summed E-state index contributed by atoms with van der Waals surface area (Å²) < 4.78 is 11.3. The second-order valence-corrected chi connectivity index (χ2v) is 6.07. The van der Waals surface area contributed by atoms with Gasteiger partial charge in [0.1, 0.15) is 6.10 Å². The first-order chi connectivity index (χ1) is 8.20. The van der Waals surface area contributed by atoms with E-state index in [1.807, 2.05) is 6.92 Å². The van der Waals surface area contributed by atoms with Crippen LogP contribution in [0.4, 0.5) is 0 Å². The molecule has 3 heteroatoms. The Morgan fingerprint density at radius 3 is 2.71 bits per heavy atom. The van der Waals surface area contributed by atoms with E-state index < -0.39 is 0 Å².